The summed E-state index contributed by atoms with van der Waals surface area (Å²) in [7, 11) is 3.89. The average molecular weight is 274 g/mol. The van der Waals surface area contributed by atoms with Gasteiger partial charge in [-0.2, -0.15) is 0 Å². The van der Waals surface area contributed by atoms with Gasteiger partial charge >= 0.3 is 0 Å². The van der Waals surface area contributed by atoms with E-state index in [0.29, 0.717) is 6.42 Å². The van der Waals surface area contributed by atoms with Crippen LogP contribution in [-0.2, 0) is 6.42 Å². The molecule has 0 aliphatic rings. The molecule has 1 aromatic heterocycles. The quantitative estimate of drug-likeness (QED) is 0.647. The normalized spacial score (nSPS) is 12.2. The van der Waals surface area contributed by atoms with Gasteiger partial charge in [-0.25, -0.2) is 9.37 Å². The Hall–Kier alpha value is -1.98. The standard InChI is InChI=1S/C15H19FN4/c1-20(2)15-8-5-12(10-18-15)14(19-17)9-11-3-6-13(16)7-4-11/h3-8,10,14,19H,9,17H2,1-2H3. The van der Waals surface area contributed by atoms with Gasteiger partial charge in [0.1, 0.15) is 11.6 Å². The topological polar surface area (TPSA) is 54.2 Å². The maximum absolute atomic E-state index is 12.9. The molecule has 0 saturated carbocycles. The number of rotatable bonds is 5. The van der Waals surface area contributed by atoms with Crippen molar-refractivity contribution in [1.29, 1.82) is 0 Å². The molecule has 0 aliphatic heterocycles. The van der Waals surface area contributed by atoms with Crippen LogP contribution >= 0.6 is 0 Å². The van der Waals surface area contributed by atoms with E-state index in [9.17, 15) is 4.39 Å². The summed E-state index contributed by atoms with van der Waals surface area (Å²) < 4.78 is 12.9. The van der Waals surface area contributed by atoms with E-state index in [4.69, 9.17) is 5.84 Å². The van der Waals surface area contributed by atoms with E-state index in [1.54, 1.807) is 12.1 Å². The van der Waals surface area contributed by atoms with Crippen LogP contribution in [0.1, 0.15) is 17.2 Å². The molecular formula is C15H19FN4. The number of hydrazine groups is 1. The van der Waals surface area contributed by atoms with Gasteiger partial charge in [0, 0.05) is 20.3 Å². The molecule has 5 heteroatoms. The number of anilines is 1. The number of pyridine rings is 1. The zero-order valence-electron chi connectivity index (χ0n) is 11.7. The van der Waals surface area contributed by atoms with E-state index in [1.165, 1.54) is 12.1 Å². The third kappa shape index (κ3) is 3.53. The maximum Gasteiger partial charge on any atom is 0.127 e. The van der Waals surface area contributed by atoms with Gasteiger partial charge in [-0.1, -0.05) is 18.2 Å². The molecule has 106 valence electrons. The van der Waals surface area contributed by atoms with Crippen LogP contribution in [0.15, 0.2) is 42.6 Å². The number of hydrogen-bond acceptors (Lipinski definition) is 4. The fourth-order valence-electron chi connectivity index (χ4n) is 2.00. The van der Waals surface area contributed by atoms with Crippen molar-refractivity contribution in [3.05, 3.63) is 59.5 Å². The summed E-state index contributed by atoms with van der Waals surface area (Å²) in [5.41, 5.74) is 4.80. The molecule has 20 heavy (non-hydrogen) atoms. The highest BCUT2D eigenvalue weighted by molar-refractivity contribution is 5.38. The Morgan fingerprint density at radius 1 is 1.20 bits per heavy atom. The third-order valence-corrected chi connectivity index (χ3v) is 3.19. The second-order valence-corrected chi connectivity index (χ2v) is 4.89. The Bertz CT molecular complexity index is 537. The van der Waals surface area contributed by atoms with Gasteiger partial charge in [0.15, 0.2) is 0 Å². The Morgan fingerprint density at radius 2 is 1.90 bits per heavy atom. The molecule has 1 atom stereocenters. The summed E-state index contributed by atoms with van der Waals surface area (Å²) in [5, 5.41) is 0. The fourth-order valence-corrected chi connectivity index (χ4v) is 2.00. The molecule has 0 aliphatic carbocycles. The molecule has 0 fully saturated rings. The van der Waals surface area contributed by atoms with Crippen LogP contribution in [0.4, 0.5) is 10.2 Å². The molecule has 0 radical (unpaired) electrons. The Kier molecular flexibility index (Phi) is 4.65. The van der Waals surface area contributed by atoms with Crippen molar-refractivity contribution in [2.75, 3.05) is 19.0 Å². The summed E-state index contributed by atoms with van der Waals surface area (Å²) in [4.78, 5) is 6.31. The Labute approximate surface area is 118 Å². The van der Waals surface area contributed by atoms with Gasteiger partial charge in [-0.15, -0.1) is 0 Å². The molecule has 1 unspecified atom stereocenters. The lowest BCUT2D eigenvalue weighted by Crippen LogP contribution is -2.29. The average Bonchev–Trinajstić information content (AvgIpc) is 2.47. The van der Waals surface area contributed by atoms with E-state index in [-0.39, 0.29) is 11.9 Å². The number of halogens is 1. The van der Waals surface area contributed by atoms with Gasteiger partial charge in [0.25, 0.3) is 0 Å². The molecular weight excluding hydrogens is 255 g/mol. The molecule has 3 N–H and O–H groups in total. The van der Waals surface area contributed by atoms with Gasteiger partial charge in [-0.3, -0.25) is 11.3 Å². The number of nitrogens with two attached hydrogens (primary N) is 1. The highest BCUT2D eigenvalue weighted by Gasteiger charge is 2.11. The van der Waals surface area contributed by atoms with Crippen molar-refractivity contribution < 1.29 is 4.39 Å². The van der Waals surface area contributed by atoms with Crippen LogP contribution in [0.25, 0.3) is 0 Å². The van der Waals surface area contributed by atoms with Crippen molar-refractivity contribution >= 4 is 5.82 Å². The molecule has 0 spiro atoms. The maximum atomic E-state index is 12.9. The third-order valence-electron chi connectivity index (χ3n) is 3.19. The lowest BCUT2D eigenvalue weighted by molar-refractivity contribution is 0.549. The number of hydrogen-bond donors (Lipinski definition) is 2. The Morgan fingerprint density at radius 3 is 2.40 bits per heavy atom. The smallest absolute Gasteiger partial charge is 0.127 e. The lowest BCUT2D eigenvalue weighted by Gasteiger charge is -2.18. The van der Waals surface area contributed by atoms with E-state index < -0.39 is 0 Å². The van der Waals surface area contributed by atoms with Crippen LogP contribution in [0.3, 0.4) is 0 Å². The van der Waals surface area contributed by atoms with E-state index in [1.807, 2.05) is 37.3 Å². The summed E-state index contributed by atoms with van der Waals surface area (Å²) >= 11 is 0. The van der Waals surface area contributed by atoms with Crippen molar-refractivity contribution in [3.8, 4) is 0 Å². The van der Waals surface area contributed by atoms with Crippen LogP contribution in [0.2, 0.25) is 0 Å². The SMILES string of the molecule is CN(C)c1ccc(C(Cc2ccc(F)cc2)NN)cn1. The number of aromatic nitrogens is 1. The summed E-state index contributed by atoms with van der Waals surface area (Å²) in [5.74, 6) is 6.28. The van der Waals surface area contributed by atoms with Crippen molar-refractivity contribution in [2.24, 2.45) is 5.84 Å². The second kappa shape index (κ2) is 6.45. The monoisotopic (exact) mass is 274 g/mol. The molecule has 0 bridgehead atoms. The Balaban J connectivity index is 2.13. The van der Waals surface area contributed by atoms with Gasteiger partial charge < -0.3 is 4.90 Å². The molecule has 0 amide bonds. The zero-order chi connectivity index (χ0) is 14.5. The number of nitrogens with zero attached hydrogens (tertiary/aromatic N) is 2. The zero-order valence-corrected chi connectivity index (χ0v) is 11.7. The highest BCUT2D eigenvalue weighted by atomic mass is 19.1. The van der Waals surface area contributed by atoms with Crippen molar-refractivity contribution in [2.45, 2.75) is 12.5 Å². The first-order valence-corrected chi connectivity index (χ1v) is 6.44. The molecule has 2 rings (SSSR count). The minimum absolute atomic E-state index is 0.0517. The number of nitrogens with one attached hydrogen (secondary N) is 1. The van der Waals surface area contributed by atoms with Gasteiger partial charge in [0.2, 0.25) is 0 Å². The fraction of sp³-hybridized carbons (Fsp3) is 0.267. The van der Waals surface area contributed by atoms with Gasteiger partial charge in [0.05, 0.1) is 6.04 Å². The van der Waals surface area contributed by atoms with Gasteiger partial charge in [-0.05, 0) is 35.7 Å². The van der Waals surface area contributed by atoms with Crippen LogP contribution in [-0.4, -0.2) is 19.1 Å². The molecule has 0 saturated heterocycles. The van der Waals surface area contributed by atoms with Crippen LogP contribution in [0, 0.1) is 5.82 Å². The predicted octanol–water partition coefficient (Wildman–Crippen LogP) is 2.03. The largest absolute Gasteiger partial charge is 0.363 e. The first-order chi connectivity index (χ1) is 9.60. The molecule has 1 aromatic carbocycles. The van der Waals surface area contributed by atoms with Crippen molar-refractivity contribution in [3.63, 3.8) is 0 Å². The summed E-state index contributed by atoms with van der Waals surface area (Å²) in [6, 6.07) is 10.3. The summed E-state index contributed by atoms with van der Waals surface area (Å²) in [6.45, 7) is 0. The van der Waals surface area contributed by atoms with E-state index in [2.05, 4.69) is 10.4 Å². The van der Waals surface area contributed by atoms with E-state index in [0.717, 1.165) is 16.9 Å². The van der Waals surface area contributed by atoms with Crippen molar-refractivity contribution in [1.82, 2.24) is 10.4 Å². The number of benzene rings is 1. The minimum Gasteiger partial charge on any atom is -0.363 e. The first-order valence-electron chi connectivity index (χ1n) is 6.44. The van der Waals surface area contributed by atoms with Crippen LogP contribution in [0.5, 0.6) is 0 Å². The highest BCUT2D eigenvalue weighted by Crippen LogP contribution is 2.19. The first kappa shape index (κ1) is 14.4. The predicted molar refractivity (Wildman–Crippen MR) is 78.7 cm³/mol. The molecule has 1 heterocycles. The molecule has 4 nitrogen and oxygen atoms in total. The molecule has 2 aromatic rings. The second-order valence-electron chi connectivity index (χ2n) is 4.89. The summed E-state index contributed by atoms with van der Waals surface area (Å²) in [6.07, 6.45) is 2.49. The van der Waals surface area contributed by atoms with Crippen LogP contribution < -0.4 is 16.2 Å². The minimum atomic E-state index is -0.233. The van der Waals surface area contributed by atoms with E-state index >= 15 is 0 Å². The lowest BCUT2D eigenvalue weighted by atomic mass is 10.0.